The number of piperidine rings is 1. The van der Waals surface area contributed by atoms with Crippen LogP contribution in [0.3, 0.4) is 0 Å². The number of likely N-dealkylation sites (tertiary alicyclic amines) is 1. The predicted octanol–water partition coefficient (Wildman–Crippen LogP) is 1.83. The molecule has 1 saturated carbocycles. The van der Waals surface area contributed by atoms with E-state index in [9.17, 15) is 0 Å². The second-order valence-corrected chi connectivity index (χ2v) is 6.09. The zero-order valence-corrected chi connectivity index (χ0v) is 12.6. The molecule has 0 atom stereocenters. The molecular formula is C15H30N4. The fourth-order valence-corrected chi connectivity index (χ4v) is 3.05. The van der Waals surface area contributed by atoms with E-state index in [2.05, 4.69) is 29.5 Å². The molecule has 1 heterocycles. The van der Waals surface area contributed by atoms with E-state index in [-0.39, 0.29) is 0 Å². The van der Waals surface area contributed by atoms with Crippen molar-refractivity contribution in [3.05, 3.63) is 0 Å². The Bertz CT molecular complexity index is 276. The Morgan fingerprint density at radius 2 is 1.84 bits per heavy atom. The summed E-state index contributed by atoms with van der Waals surface area (Å²) in [5.74, 6) is 1.81. The summed E-state index contributed by atoms with van der Waals surface area (Å²) in [6, 6.07) is 0.648. The van der Waals surface area contributed by atoms with Gasteiger partial charge in [-0.2, -0.15) is 0 Å². The normalized spacial score (nSPS) is 23.8. The van der Waals surface area contributed by atoms with Crippen molar-refractivity contribution in [3.63, 3.8) is 0 Å². The van der Waals surface area contributed by atoms with Crippen LogP contribution >= 0.6 is 0 Å². The molecule has 4 heteroatoms. The lowest BCUT2D eigenvalue weighted by molar-refractivity contribution is 0.223. The number of guanidine groups is 1. The highest BCUT2D eigenvalue weighted by molar-refractivity contribution is 5.80. The van der Waals surface area contributed by atoms with Gasteiger partial charge in [-0.05, 0) is 58.7 Å². The summed E-state index contributed by atoms with van der Waals surface area (Å²) >= 11 is 0. The summed E-state index contributed by atoms with van der Waals surface area (Å²) in [7, 11) is 2.21. The summed E-state index contributed by atoms with van der Waals surface area (Å²) in [5.41, 5.74) is 0. The molecule has 0 amide bonds. The molecule has 1 saturated heterocycles. The van der Waals surface area contributed by atoms with Gasteiger partial charge in [-0.25, -0.2) is 0 Å². The summed E-state index contributed by atoms with van der Waals surface area (Å²) in [4.78, 5) is 7.22. The van der Waals surface area contributed by atoms with Gasteiger partial charge in [0.15, 0.2) is 5.96 Å². The Hall–Kier alpha value is -0.770. The first-order valence-corrected chi connectivity index (χ1v) is 8.01. The molecule has 2 fully saturated rings. The molecule has 0 unspecified atom stereocenters. The topological polar surface area (TPSA) is 39.7 Å². The fourth-order valence-electron chi connectivity index (χ4n) is 3.05. The first kappa shape index (κ1) is 14.6. The van der Waals surface area contributed by atoms with E-state index in [0.717, 1.165) is 25.0 Å². The van der Waals surface area contributed by atoms with Crippen molar-refractivity contribution in [3.8, 4) is 0 Å². The van der Waals surface area contributed by atoms with Crippen molar-refractivity contribution in [1.82, 2.24) is 15.5 Å². The Balaban J connectivity index is 1.78. The van der Waals surface area contributed by atoms with E-state index < -0.39 is 0 Å². The molecule has 0 radical (unpaired) electrons. The Morgan fingerprint density at radius 1 is 1.16 bits per heavy atom. The molecule has 4 nitrogen and oxygen atoms in total. The third kappa shape index (κ3) is 5.01. The standard InChI is InChI=1S/C15H30N4/c1-3-16-15(18-14-6-4-5-7-14)17-12-13-8-10-19(2)11-9-13/h13-14H,3-12H2,1-2H3,(H2,16,17,18). The maximum atomic E-state index is 4.80. The molecular weight excluding hydrogens is 236 g/mol. The zero-order chi connectivity index (χ0) is 13.5. The Kier molecular flexibility index (Phi) is 5.95. The maximum Gasteiger partial charge on any atom is 0.191 e. The lowest BCUT2D eigenvalue weighted by atomic mass is 9.97. The van der Waals surface area contributed by atoms with Crippen LogP contribution in [0.15, 0.2) is 4.99 Å². The van der Waals surface area contributed by atoms with E-state index in [4.69, 9.17) is 4.99 Å². The minimum atomic E-state index is 0.648. The Morgan fingerprint density at radius 3 is 2.47 bits per heavy atom. The Labute approximate surface area is 118 Å². The van der Waals surface area contributed by atoms with E-state index in [1.54, 1.807) is 0 Å². The predicted molar refractivity (Wildman–Crippen MR) is 81.6 cm³/mol. The molecule has 0 aromatic rings. The summed E-state index contributed by atoms with van der Waals surface area (Å²) < 4.78 is 0. The maximum absolute atomic E-state index is 4.80. The number of nitrogens with zero attached hydrogens (tertiary/aromatic N) is 2. The van der Waals surface area contributed by atoms with Gasteiger partial charge in [0.05, 0.1) is 0 Å². The zero-order valence-electron chi connectivity index (χ0n) is 12.6. The van der Waals surface area contributed by atoms with Crippen LogP contribution in [0.1, 0.15) is 45.4 Å². The second kappa shape index (κ2) is 7.73. The molecule has 19 heavy (non-hydrogen) atoms. The van der Waals surface area contributed by atoms with Gasteiger partial charge in [-0.1, -0.05) is 12.8 Å². The van der Waals surface area contributed by atoms with Crippen molar-refractivity contribution >= 4 is 5.96 Å². The minimum Gasteiger partial charge on any atom is -0.357 e. The van der Waals surface area contributed by atoms with Gasteiger partial charge in [0.25, 0.3) is 0 Å². The smallest absolute Gasteiger partial charge is 0.191 e. The first-order valence-electron chi connectivity index (χ1n) is 8.01. The molecule has 2 N–H and O–H groups in total. The van der Waals surface area contributed by atoms with Crippen molar-refractivity contribution in [2.75, 3.05) is 33.2 Å². The molecule has 0 aromatic carbocycles. The van der Waals surface area contributed by atoms with Crippen LogP contribution in [0.25, 0.3) is 0 Å². The number of hydrogen-bond acceptors (Lipinski definition) is 2. The van der Waals surface area contributed by atoms with Crippen LogP contribution in [0.2, 0.25) is 0 Å². The first-order chi connectivity index (χ1) is 9.28. The second-order valence-electron chi connectivity index (χ2n) is 6.09. The summed E-state index contributed by atoms with van der Waals surface area (Å²) in [5, 5.41) is 6.98. The van der Waals surface area contributed by atoms with Gasteiger partial charge in [-0.3, -0.25) is 4.99 Å². The highest BCUT2D eigenvalue weighted by Crippen LogP contribution is 2.18. The number of nitrogens with one attached hydrogen (secondary N) is 2. The van der Waals surface area contributed by atoms with Crippen molar-refractivity contribution < 1.29 is 0 Å². The fraction of sp³-hybridized carbons (Fsp3) is 0.933. The minimum absolute atomic E-state index is 0.648. The number of hydrogen-bond donors (Lipinski definition) is 2. The molecule has 1 aliphatic heterocycles. The van der Waals surface area contributed by atoms with Gasteiger partial charge in [0.2, 0.25) is 0 Å². The van der Waals surface area contributed by atoms with Crippen LogP contribution in [-0.2, 0) is 0 Å². The van der Waals surface area contributed by atoms with Crippen LogP contribution in [0.5, 0.6) is 0 Å². The van der Waals surface area contributed by atoms with Crippen LogP contribution in [0.4, 0.5) is 0 Å². The molecule has 2 aliphatic rings. The lowest BCUT2D eigenvalue weighted by Crippen LogP contribution is -2.42. The molecule has 1 aliphatic carbocycles. The molecule has 2 rings (SSSR count). The molecule has 0 aromatic heterocycles. The van der Waals surface area contributed by atoms with Crippen LogP contribution in [0, 0.1) is 5.92 Å². The number of rotatable bonds is 4. The third-order valence-corrected chi connectivity index (χ3v) is 4.39. The van der Waals surface area contributed by atoms with Crippen molar-refractivity contribution in [2.24, 2.45) is 10.9 Å². The van der Waals surface area contributed by atoms with Crippen molar-refractivity contribution in [2.45, 2.75) is 51.5 Å². The third-order valence-electron chi connectivity index (χ3n) is 4.39. The average molecular weight is 266 g/mol. The van der Waals surface area contributed by atoms with Gasteiger partial charge in [0.1, 0.15) is 0 Å². The van der Waals surface area contributed by atoms with E-state index >= 15 is 0 Å². The highest BCUT2D eigenvalue weighted by atomic mass is 15.2. The molecule has 0 spiro atoms. The molecule has 0 bridgehead atoms. The number of aliphatic imine (C=N–C) groups is 1. The SMILES string of the molecule is CCNC(=NCC1CCN(C)CC1)NC1CCCC1. The lowest BCUT2D eigenvalue weighted by Gasteiger charge is -2.28. The van der Waals surface area contributed by atoms with Gasteiger partial charge < -0.3 is 15.5 Å². The largest absolute Gasteiger partial charge is 0.357 e. The van der Waals surface area contributed by atoms with Gasteiger partial charge in [-0.15, -0.1) is 0 Å². The van der Waals surface area contributed by atoms with Crippen molar-refractivity contribution in [1.29, 1.82) is 0 Å². The van der Waals surface area contributed by atoms with Gasteiger partial charge in [0, 0.05) is 19.1 Å². The van der Waals surface area contributed by atoms with Gasteiger partial charge >= 0.3 is 0 Å². The summed E-state index contributed by atoms with van der Waals surface area (Å²) in [6.45, 7) is 6.53. The van der Waals surface area contributed by atoms with E-state index in [0.29, 0.717) is 6.04 Å². The summed E-state index contributed by atoms with van der Waals surface area (Å²) in [6.07, 6.45) is 7.93. The van der Waals surface area contributed by atoms with E-state index in [1.165, 1.54) is 51.6 Å². The quantitative estimate of drug-likeness (QED) is 0.602. The monoisotopic (exact) mass is 266 g/mol. The average Bonchev–Trinajstić information content (AvgIpc) is 2.91. The molecule has 110 valence electrons. The highest BCUT2D eigenvalue weighted by Gasteiger charge is 2.18. The van der Waals surface area contributed by atoms with Crippen LogP contribution in [-0.4, -0.2) is 50.1 Å². The van der Waals surface area contributed by atoms with E-state index in [1.807, 2.05) is 0 Å². The van der Waals surface area contributed by atoms with Crippen LogP contribution < -0.4 is 10.6 Å².